The van der Waals surface area contributed by atoms with Gasteiger partial charge in [-0.3, -0.25) is 14.6 Å². The Morgan fingerprint density at radius 3 is 2.43 bits per heavy atom. The zero-order valence-electron chi connectivity index (χ0n) is 18.5. The highest BCUT2D eigenvalue weighted by Crippen LogP contribution is 2.36. The SMILES string of the molecule is NC(=O)c1c(-c2ccc(F)cc2)oc2ccc(-c3cccc(C(=O)NCc4cccnc4)c3)cc12. The van der Waals surface area contributed by atoms with Crippen molar-refractivity contribution < 1.29 is 18.4 Å². The molecule has 0 atom stereocenters. The molecule has 0 spiro atoms. The van der Waals surface area contributed by atoms with Crippen LogP contribution < -0.4 is 11.1 Å². The van der Waals surface area contributed by atoms with Gasteiger partial charge in [-0.25, -0.2) is 4.39 Å². The second-order valence-electron chi connectivity index (χ2n) is 8.01. The first-order valence-corrected chi connectivity index (χ1v) is 10.9. The summed E-state index contributed by atoms with van der Waals surface area (Å²) in [5.74, 6) is -0.967. The molecule has 5 rings (SSSR count). The van der Waals surface area contributed by atoms with E-state index in [1.165, 1.54) is 24.3 Å². The molecule has 172 valence electrons. The number of halogens is 1. The molecule has 2 heterocycles. The normalized spacial score (nSPS) is 10.9. The van der Waals surface area contributed by atoms with Crippen LogP contribution in [0.2, 0.25) is 0 Å². The molecule has 7 heteroatoms. The molecule has 0 saturated heterocycles. The number of fused-ring (bicyclic) bond motifs is 1. The molecule has 5 aromatic rings. The molecule has 35 heavy (non-hydrogen) atoms. The van der Waals surface area contributed by atoms with Gasteiger partial charge in [-0.15, -0.1) is 0 Å². The average molecular weight is 465 g/mol. The number of carbonyl (C=O) groups is 2. The molecule has 2 aromatic heterocycles. The third kappa shape index (κ3) is 4.52. The number of nitrogens with zero attached hydrogens (tertiary/aromatic N) is 1. The molecule has 3 aromatic carbocycles. The molecule has 0 unspecified atom stereocenters. The Balaban J connectivity index is 1.48. The second-order valence-corrected chi connectivity index (χ2v) is 8.01. The van der Waals surface area contributed by atoms with Crippen molar-refractivity contribution in [2.45, 2.75) is 6.54 Å². The van der Waals surface area contributed by atoms with E-state index in [9.17, 15) is 14.0 Å². The van der Waals surface area contributed by atoms with Gasteiger partial charge in [0, 0.05) is 35.5 Å². The van der Waals surface area contributed by atoms with Crippen molar-refractivity contribution >= 4 is 22.8 Å². The summed E-state index contributed by atoms with van der Waals surface area (Å²) < 4.78 is 19.3. The number of hydrogen-bond donors (Lipinski definition) is 2. The maximum absolute atomic E-state index is 13.4. The standard InChI is InChI=1S/C28H20FN3O3/c29-22-9-6-18(7-10-22)26-25(27(30)33)23-14-20(8-11-24(23)35-26)19-4-1-5-21(13-19)28(34)32-16-17-3-2-12-31-15-17/h1-15H,16H2,(H2,30,33)(H,32,34). The van der Waals surface area contributed by atoms with Gasteiger partial charge < -0.3 is 15.5 Å². The summed E-state index contributed by atoms with van der Waals surface area (Å²) in [6, 6.07) is 22.0. The van der Waals surface area contributed by atoms with Crippen molar-refractivity contribution in [3.63, 3.8) is 0 Å². The molecule has 0 aliphatic heterocycles. The van der Waals surface area contributed by atoms with Crippen molar-refractivity contribution in [3.05, 3.63) is 114 Å². The number of nitrogens with two attached hydrogens (primary N) is 1. The number of hydrogen-bond acceptors (Lipinski definition) is 4. The quantitative estimate of drug-likeness (QED) is 0.354. The number of carbonyl (C=O) groups excluding carboxylic acids is 2. The number of benzene rings is 3. The highest BCUT2D eigenvalue weighted by atomic mass is 19.1. The van der Waals surface area contributed by atoms with Crippen molar-refractivity contribution in [3.8, 4) is 22.5 Å². The van der Waals surface area contributed by atoms with E-state index in [2.05, 4.69) is 10.3 Å². The van der Waals surface area contributed by atoms with Gasteiger partial charge in [0.2, 0.25) is 0 Å². The van der Waals surface area contributed by atoms with Gasteiger partial charge in [-0.1, -0.05) is 24.3 Å². The van der Waals surface area contributed by atoms with E-state index in [1.54, 1.807) is 42.7 Å². The maximum atomic E-state index is 13.4. The van der Waals surface area contributed by atoms with Crippen molar-refractivity contribution in [2.75, 3.05) is 0 Å². The topological polar surface area (TPSA) is 98.2 Å². The van der Waals surface area contributed by atoms with Crippen molar-refractivity contribution in [1.29, 1.82) is 0 Å². The third-order valence-corrected chi connectivity index (χ3v) is 5.67. The van der Waals surface area contributed by atoms with Crippen LogP contribution in [0, 0.1) is 5.82 Å². The Morgan fingerprint density at radius 2 is 1.69 bits per heavy atom. The Labute approximate surface area is 200 Å². The van der Waals surface area contributed by atoms with Gasteiger partial charge in [0.15, 0.2) is 0 Å². The molecular weight excluding hydrogens is 445 g/mol. The number of pyridine rings is 1. The smallest absolute Gasteiger partial charge is 0.253 e. The van der Waals surface area contributed by atoms with E-state index in [0.29, 0.717) is 28.6 Å². The van der Waals surface area contributed by atoms with Crippen LogP contribution in [-0.2, 0) is 6.54 Å². The number of furan rings is 1. The van der Waals surface area contributed by atoms with Gasteiger partial charge in [0.05, 0.1) is 5.56 Å². The van der Waals surface area contributed by atoms with Crippen LogP contribution in [0.15, 0.2) is 95.7 Å². The van der Waals surface area contributed by atoms with E-state index in [1.807, 2.05) is 24.3 Å². The van der Waals surface area contributed by atoms with Crippen LogP contribution >= 0.6 is 0 Å². The fourth-order valence-corrected chi connectivity index (χ4v) is 3.95. The predicted molar refractivity (Wildman–Crippen MR) is 131 cm³/mol. The molecule has 0 aliphatic carbocycles. The van der Waals surface area contributed by atoms with E-state index in [4.69, 9.17) is 10.2 Å². The molecule has 6 nitrogen and oxygen atoms in total. The molecule has 3 N–H and O–H groups in total. The minimum Gasteiger partial charge on any atom is -0.455 e. The Hall–Kier alpha value is -4.78. The number of amides is 2. The largest absolute Gasteiger partial charge is 0.455 e. The Morgan fingerprint density at radius 1 is 0.914 bits per heavy atom. The van der Waals surface area contributed by atoms with Crippen LogP contribution in [-0.4, -0.2) is 16.8 Å². The lowest BCUT2D eigenvalue weighted by Crippen LogP contribution is -2.22. The van der Waals surface area contributed by atoms with Gasteiger partial charge in [0.25, 0.3) is 11.8 Å². The summed E-state index contributed by atoms with van der Waals surface area (Å²) in [6.45, 7) is 0.367. The second kappa shape index (κ2) is 9.23. The molecular formula is C28H20FN3O3. The minimum absolute atomic E-state index is 0.212. The molecule has 0 radical (unpaired) electrons. The van der Waals surface area contributed by atoms with Crippen LogP contribution in [0.3, 0.4) is 0 Å². The van der Waals surface area contributed by atoms with E-state index < -0.39 is 11.7 Å². The summed E-state index contributed by atoms with van der Waals surface area (Å²) in [7, 11) is 0. The lowest BCUT2D eigenvalue weighted by Gasteiger charge is -2.08. The number of primary amides is 1. The van der Waals surface area contributed by atoms with E-state index >= 15 is 0 Å². The molecule has 0 bridgehead atoms. The highest BCUT2D eigenvalue weighted by Gasteiger charge is 2.21. The maximum Gasteiger partial charge on any atom is 0.253 e. The van der Waals surface area contributed by atoms with Gasteiger partial charge in [-0.05, 0) is 71.3 Å². The molecule has 2 amide bonds. The number of nitrogens with one attached hydrogen (secondary N) is 1. The minimum atomic E-state index is -0.649. The predicted octanol–water partition coefficient (Wildman–Crippen LogP) is 5.33. The molecule has 0 saturated carbocycles. The number of rotatable bonds is 6. The summed E-state index contributed by atoms with van der Waals surface area (Å²) in [5.41, 5.74) is 9.92. The lowest BCUT2D eigenvalue weighted by molar-refractivity contribution is 0.0949. The van der Waals surface area contributed by atoms with E-state index in [-0.39, 0.29) is 17.2 Å². The summed E-state index contributed by atoms with van der Waals surface area (Å²) in [6.07, 6.45) is 3.38. The fourth-order valence-electron chi connectivity index (χ4n) is 3.95. The first kappa shape index (κ1) is 22.0. The summed E-state index contributed by atoms with van der Waals surface area (Å²) in [4.78, 5) is 29.1. The lowest BCUT2D eigenvalue weighted by atomic mass is 9.99. The Bertz CT molecular complexity index is 1540. The monoisotopic (exact) mass is 465 g/mol. The number of aromatic nitrogens is 1. The van der Waals surface area contributed by atoms with Crippen LogP contribution in [0.4, 0.5) is 4.39 Å². The van der Waals surface area contributed by atoms with Crippen LogP contribution in [0.25, 0.3) is 33.4 Å². The molecule has 0 fully saturated rings. The highest BCUT2D eigenvalue weighted by molar-refractivity contribution is 6.11. The van der Waals surface area contributed by atoms with Gasteiger partial charge in [-0.2, -0.15) is 0 Å². The van der Waals surface area contributed by atoms with Crippen molar-refractivity contribution in [1.82, 2.24) is 10.3 Å². The zero-order chi connectivity index (χ0) is 24.4. The van der Waals surface area contributed by atoms with Crippen LogP contribution in [0.1, 0.15) is 26.3 Å². The Kier molecular flexibility index (Phi) is 5.81. The summed E-state index contributed by atoms with van der Waals surface area (Å²) in [5, 5.41) is 3.43. The van der Waals surface area contributed by atoms with Gasteiger partial charge >= 0.3 is 0 Å². The third-order valence-electron chi connectivity index (χ3n) is 5.67. The summed E-state index contributed by atoms with van der Waals surface area (Å²) >= 11 is 0. The molecule has 0 aliphatic rings. The fraction of sp³-hybridized carbons (Fsp3) is 0.0357. The van der Waals surface area contributed by atoms with Crippen molar-refractivity contribution in [2.24, 2.45) is 5.73 Å². The zero-order valence-corrected chi connectivity index (χ0v) is 18.5. The first-order chi connectivity index (χ1) is 17.0. The van der Waals surface area contributed by atoms with E-state index in [0.717, 1.165) is 16.7 Å². The average Bonchev–Trinajstić information content (AvgIpc) is 3.27. The van der Waals surface area contributed by atoms with Crippen LogP contribution in [0.5, 0.6) is 0 Å². The van der Waals surface area contributed by atoms with Gasteiger partial charge in [0.1, 0.15) is 17.2 Å². The first-order valence-electron chi connectivity index (χ1n) is 10.9.